The zero-order chi connectivity index (χ0) is 20.1. The Kier molecular flexibility index (Phi) is 6.64. The predicted molar refractivity (Wildman–Crippen MR) is 115 cm³/mol. The molecule has 1 aliphatic rings. The summed E-state index contributed by atoms with van der Waals surface area (Å²) in [5, 5.41) is 6.34. The molecule has 8 heteroatoms. The SMILES string of the molecule is CCCCOc1ccc(C(=O)NC(=S)Nc2sc3c(c2C(N)=O)CCC3)cc1. The number of rotatable bonds is 7. The van der Waals surface area contributed by atoms with E-state index >= 15 is 0 Å². The van der Waals surface area contributed by atoms with Gasteiger partial charge < -0.3 is 15.8 Å². The van der Waals surface area contributed by atoms with Crippen molar-refractivity contribution in [3.63, 3.8) is 0 Å². The smallest absolute Gasteiger partial charge is 0.257 e. The van der Waals surface area contributed by atoms with Crippen molar-refractivity contribution in [1.82, 2.24) is 5.32 Å². The molecular formula is C20H23N3O3S2. The molecule has 0 atom stereocenters. The van der Waals surface area contributed by atoms with Gasteiger partial charge in [-0.05, 0) is 67.7 Å². The molecule has 1 aromatic carbocycles. The minimum atomic E-state index is -0.477. The van der Waals surface area contributed by atoms with Gasteiger partial charge in [-0.2, -0.15) is 0 Å². The maximum absolute atomic E-state index is 12.4. The molecule has 0 spiro atoms. The molecule has 1 aliphatic carbocycles. The first-order chi connectivity index (χ1) is 13.5. The third-order valence-corrected chi connectivity index (χ3v) is 5.92. The van der Waals surface area contributed by atoms with E-state index in [4.69, 9.17) is 22.7 Å². The van der Waals surface area contributed by atoms with E-state index in [0.29, 0.717) is 22.7 Å². The molecule has 0 saturated carbocycles. The number of thiocarbonyl (C=S) groups is 1. The molecule has 0 bridgehead atoms. The fourth-order valence-corrected chi connectivity index (χ4v) is 4.66. The number of nitrogens with two attached hydrogens (primary N) is 1. The highest BCUT2D eigenvalue weighted by Crippen LogP contribution is 2.38. The van der Waals surface area contributed by atoms with Crippen molar-refractivity contribution in [1.29, 1.82) is 0 Å². The number of carbonyl (C=O) groups excluding carboxylic acids is 2. The van der Waals surface area contributed by atoms with Crippen molar-refractivity contribution in [3.05, 3.63) is 45.8 Å². The lowest BCUT2D eigenvalue weighted by atomic mass is 10.1. The molecule has 2 amide bonds. The summed E-state index contributed by atoms with van der Waals surface area (Å²) in [6.45, 7) is 2.76. The molecule has 0 fully saturated rings. The number of hydrogen-bond acceptors (Lipinski definition) is 5. The van der Waals surface area contributed by atoms with Gasteiger partial charge in [0.05, 0.1) is 12.2 Å². The Labute approximate surface area is 173 Å². The van der Waals surface area contributed by atoms with E-state index < -0.39 is 5.91 Å². The fraction of sp³-hybridized carbons (Fsp3) is 0.350. The standard InChI is InChI=1S/C20H23N3O3S2/c1-2-3-11-26-13-9-7-12(8-10-13)18(25)22-20(27)23-19-16(17(21)24)14-5-4-6-15(14)28-19/h7-10H,2-6,11H2,1H3,(H2,21,24)(H2,22,23,25,27). The normalized spacial score (nSPS) is 12.3. The molecule has 1 heterocycles. The van der Waals surface area contributed by atoms with Crippen LogP contribution in [0.1, 0.15) is 57.3 Å². The Hall–Kier alpha value is -2.45. The third-order valence-electron chi connectivity index (χ3n) is 4.50. The molecule has 28 heavy (non-hydrogen) atoms. The van der Waals surface area contributed by atoms with Crippen molar-refractivity contribution in [2.24, 2.45) is 5.73 Å². The molecule has 4 N–H and O–H groups in total. The lowest BCUT2D eigenvalue weighted by Gasteiger charge is -2.10. The van der Waals surface area contributed by atoms with E-state index in [1.165, 1.54) is 11.3 Å². The Bertz CT molecular complexity index is 891. The van der Waals surface area contributed by atoms with Gasteiger partial charge in [0.25, 0.3) is 11.8 Å². The summed E-state index contributed by atoms with van der Waals surface area (Å²) in [6.07, 6.45) is 4.86. The molecule has 6 nitrogen and oxygen atoms in total. The number of fused-ring (bicyclic) bond motifs is 1. The van der Waals surface area contributed by atoms with Gasteiger partial charge in [0.15, 0.2) is 5.11 Å². The first kappa shape index (κ1) is 20.3. The summed E-state index contributed by atoms with van der Waals surface area (Å²) in [4.78, 5) is 25.4. The number of anilines is 1. The molecule has 0 aliphatic heterocycles. The van der Waals surface area contributed by atoms with E-state index in [2.05, 4.69) is 17.6 Å². The molecule has 1 aromatic heterocycles. The van der Waals surface area contributed by atoms with Gasteiger partial charge in [-0.1, -0.05) is 13.3 Å². The van der Waals surface area contributed by atoms with Crippen molar-refractivity contribution in [2.75, 3.05) is 11.9 Å². The second-order valence-electron chi connectivity index (χ2n) is 6.56. The Morgan fingerprint density at radius 3 is 2.68 bits per heavy atom. The lowest BCUT2D eigenvalue weighted by molar-refractivity contribution is 0.0975. The predicted octanol–water partition coefficient (Wildman–Crippen LogP) is 3.64. The van der Waals surface area contributed by atoms with Crippen LogP contribution in [0.4, 0.5) is 5.00 Å². The summed E-state index contributed by atoms with van der Waals surface area (Å²) in [5.41, 5.74) is 7.51. The third kappa shape index (κ3) is 4.69. The van der Waals surface area contributed by atoms with Crippen LogP contribution in [0, 0.1) is 0 Å². The number of primary amides is 1. The highest BCUT2D eigenvalue weighted by molar-refractivity contribution is 7.80. The van der Waals surface area contributed by atoms with Gasteiger partial charge in [-0.25, -0.2) is 0 Å². The van der Waals surface area contributed by atoms with Crippen molar-refractivity contribution in [2.45, 2.75) is 39.0 Å². The Morgan fingerprint density at radius 2 is 2.00 bits per heavy atom. The molecule has 3 rings (SSSR count). The van der Waals surface area contributed by atoms with Crippen LogP contribution in [0.15, 0.2) is 24.3 Å². The van der Waals surface area contributed by atoms with Crippen LogP contribution in [0.2, 0.25) is 0 Å². The van der Waals surface area contributed by atoms with E-state index in [-0.39, 0.29) is 11.0 Å². The average Bonchev–Trinajstić information content (AvgIpc) is 3.22. The maximum Gasteiger partial charge on any atom is 0.257 e. The topological polar surface area (TPSA) is 93.4 Å². The van der Waals surface area contributed by atoms with Crippen LogP contribution in [0.5, 0.6) is 5.75 Å². The fourth-order valence-electron chi connectivity index (χ4n) is 3.10. The number of hydrogen-bond donors (Lipinski definition) is 3. The number of amides is 2. The summed E-state index contributed by atoms with van der Waals surface area (Å²) in [5.74, 6) is -0.0816. The number of nitrogens with one attached hydrogen (secondary N) is 2. The second kappa shape index (κ2) is 9.16. The van der Waals surface area contributed by atoms with Crippen LogP contribution >= 0.6 is 23.6 Å². The van der Waals surface area contributed by atoms with Gasteiger partial charge in [-0.3, -0.25) is 14.9 Å². The highest BCUT2D eigenvalue weighted by atomic mass is 32.1. The molecule has 2 aromatic rings. The second-order valence-corrected chi connectivity index (χ2v) is 8.07. The van der Waals surface area contributed by atoms with Crippen molar-refractivity contribution in [3.8, 4) is 5.75 Å². The van der Waals surface area contributed by atoms with Gasteiger partial charge in [-0.15, -0.1) is 11.3 Å². The van der Waals surface area contributed by atoms with Crippen LogP contribution in [0.3, 0.4) is 0 Å². The van der Waals surface area contributed by atoms with Gasteiger partial charge in [0.1, 0.15) is 10.8 Å². The number of ether oxygens (including phenoxy) is 1. The lowest BCUT2D eigenvalue weighted by Crippen LogP contribution is -2.34. The van der Waals surface area contributed by atoms with Gasteiger partial charge in [0.2, 0.25) is 0 Å². The first-order valence-corrected chi connectivity index (χ1v) is 10.5. The number of unbranched alkanes of at least 4 members (excludes halogenated alkanes) is 1. The molecular weight excluding hydrogens is 394 g/mol. The Morgan fingerprint density at radius 1 is 1.25 bits per heavy atom. The van der Waals surface area contributed by atoms with E-state index in [1.54, 1.807) is 24.3 Å². The van der Waals surface area contributed by atoms with E-state index in [1.807, 2.05) is 0 Å². The van der Waals surface area contributed by atoms with Crippen molar-refractivity contribution < 1.29 is 14.3 Å². The van der Waals surface area contributed by atoms with E-state index in [0.717, 1.165) is 48.3 Å². The number of benzene rings is 1. The minimum Gasteiger partial charge on any atom is -0.494 e. The summed E-state index contributed by atoms with van der Waals surface area (Å²) in [7, 11) is 0. The summed E-state index contributed by atoms with van der Waals surface area (Å²) in [6, 6.07) is 6.90. The number of thiophene rings is 1. The summed E-state index contributed by atoms with van der Waals surface area (Å²) >= 11 is 6.72. The zero-order valence-electron chi connectivity index (χ0n) is 15.7. The molecule has 148 valence electrons. The quantitative estimate of drug-likeness (QED) is 0.472. The zero-order valence-corrected chi connectivity index (χ0v) is 17.3. The number of aryl methyl sites for hydroxylation is 1. The Balaban J connectivity index is 1.61. The van der Waals surface area contributed by atoms with Gasteiger partial charge >= 0.3 is 0 Å². The molecule has 0 unspecified atom stereocenters. The van der Waals surface area contributed by atoms with Crippen LogP contribution < -0.4 is 21.1 Å². The minimum absolute atomic E-state index is 0.135. The van der Waals surface area contributed by atoms with Crippen LogP contribution in [-0.2, 0) is 12.8 Å². The van der Waals surface area contributed by atoms with Crippen molar-refractivity contribution >= 4 is 45.5 Å². The number of carbonyl (C=O) groups is 2. The molecule has 0 radical (unpaired) electrons. The van der Waals surface area contributed by atoms with Crippen LogP contribution in [-0.4, -0.2) is 23.5 Å². The highest BCUT2D eigenvalue weighted by Gasteiger charge is 2.25. The molecule has 0 saturated heterocycles. The maximum atomic E-state index is 12.4. The largest absolute Gasteiger partial charge is 0.494 e. The van der Waals surface area contributed by atoms with Crippen LogP contribution in [0.25, 0.3) is 0 Å². The summed E-state index contributed by atoms with van der Waals surface area (Å²) < 4.78 is 5.59. The van der Waals surface area contributed by atoms with Gasteiger partial charge in [0, 0.05) is 10.4 Å². The van der Waals surface area contributed by atoms with E-state index in [9.17, 15) is 9.59 Å². The first-order valence-electron chi connectivity index (χ1n) is 9.29. The monoisotopic (exact) mass is 417 g/mol. The average molecular weight is 418 g/mol.